The molecule has 0 spiro atoms. The second-order valence-corrected chi connectivity index (χ2v) is 7.11. The maximum atomic E-state index is 12.2. The number of nitrogens with zero attached hydrogens (tertiary/aromatic N) is 3. The van der Waals surface area contributed by atoms with E-state index in [0.717, 1.165) is 15.2 Å². The molecular weight excluding hydrogens is 398 g/mol. The van der Waals surface area contributed by atoms with E-state index in [4.69, 9.17) is 9.47 Å². The Kier molecular flexibility index (Phi) is 6.35. The Hall–Kier alpha value is -3.53. The molecule has 0 aliphatic carbocycles. The normalized spacial score (nSPS) is 10.5. The predicted octanol–water partition coefficient (Wildman–Crippen LogP) is 2.79. The molecule has 29 heavy (non-hydrogen) atoms. The summed E-state index contributed by atoms with van der Waals surface area (Å²) in [5.41, 5.74) is 0.610. The summed E-state index contributed by atoms with van der Waals surface area (Å²) in [4.78, 5) is 40.2. The minimum absolute atomic E-state index is 0.0475. The summed E-state index contributed by atoms with van der Waals surface area (Å²) in [5.74, 6) is -1.25. The molecule has 0 unspecified atom stereocenters. The summed E-state index contributed by atoms with van der Waals surface area (Å²) in [5, 5.41) is 11.7. The van der Waals surface area contributed by atoms with Gasteiger partial charge in [0.25, 0.3) is 5.91 Å². The van der Waals surface area contributed by atoms with E-state index in [0.29, 0.717) is 6.54 Å². The third kappa shape index (κ3) is 5.26. The lowest BCUT2D eigenvalue weighted by molar-refractivity contribution is -0.385. The molecule has 0 atom stereocenters. The zero-order valence-electron chi connectivity index (χ0n) is 15.4. The van der Waals surface area contributed by atoms with Crippen LogP contribution in [0.3, 0.4) is 0 Å². The van der Waals surface area contributed by atoms with Crippen LogP contribution in [0.1, 0.15) is 5.01 Å². The molecule has 9 nitrogen and oxygen atoms in total. The van der Waals surface area contributed by atoms with Crippen LogP contribution in [0.4, 0.5) is 5.69 Å². The number of hydrogen-bond acceptors (Lipinski definition) is 8. The lowest BCUT2D eigenvalue weighted by Gasteiger charge is -2.15. The van der Waals surface area contributed by atoms with Crippen molar-refractivity contribution in [2.45, 2.75) is 6.54 Å². The molecule has 2 aromatic carbocycles. The van der Waals surface area contributed by atoms with E-state index < -0.39 is 30.0 Å². The van der Waals surface area contributed by atoms with Crippen LogP contribution in [-0.4, -0.2) is 46.9 Å². The first-order valence-electron chi connectivity index (χ1n) is 8.54. The number of carbonyl (C=O) groups is 2. The van der Waals surface area contributed by atoms with E-state index in [2.05, 4.69) is 4.98 Å². The van der Waals surface area contributed by atoms with Gasteiger partial charge in [-0.3, -0.25) is 14.9 Å². The minimum atomic E-state index is -0.801. The van der Waals surface area contributed by atoms with Crippen LogP contribution in [0.5, 0.6) is 5.75 Å². The van der Waals surface area contributed by atoms with Crippen molar-refractivity contribution in [1.29, 1.82) is 0 Å². The van der Waals surface area contributed by atoms with E-state index in [1.165, 1.54) is 34.4 Å². The van der Waals surface area contributed by atoms with Gasteiger partial charge in [0.2, 0.25) is 0 Å². The molecule has 0 bridgehead atoms. The molecular formula is C19H17N3O6S. The van der Waals surface area contributed by atoms with Gasteiger partial charge in [0.15, 0.2) is 19.0 Å². The quantitative estimate of drug-likeness (QED) is 0.316. The number of para-hydroxylation sites is 3. The second-order valence-electron chi connectivity index (χ2n) is 6.00. The van der Waals surface area contributed by atoms with Gasteiger partial charge in [-0.2, -0.15) is 0 Å². The van der Waals surface area contributed by atoms with Gasteiger partial charge in [0.05, 0.1) is 21.7 Å². The molecule has 0 aliphatic heterocycles. The highest BCUT2D eigenvalue weighted by Crippen LogP contribution is 2.25. The number of fused-ring (bicyclic) bond motifs is 1. The SMILES string of the molecule is CN(Cc1nc2ccccc2s1)C(=O)COC(=O)COc1ccccc1[N+](=O)[O-]. The van der Waals surface area contributed by atoms with E-state index in [1.54, 1.807) is 13.1 Å². The number of nitro benzene ring substituents is 1. The standard InChI is InChI=1S/C19H17N3O6S/c1-21(10-17-20-13-6-2-5-9-16(13)29-17)18(23)11-28-19(24)12-27-15-8-4-3-7-14(15)22(25)26/h2-9H,10-12H2,1H3. The van der Waals surface area contributed by atoms with Crippen LogP contribution in [0.15, 0.2) is 48.5 Å². The fraction of sp³-hybridized carbons (Fsp3) is 0.211. The third-order valence-corrected chi connectivity index (χ3v) is 4.92. The van der Waals surface area contributed by atoms with Crippen molar-refractivity contribution in [2.24, 2.45) is 0 Å². The van der Waals surface area contributed by atoms with Gasteiger partial charge < -0.3 is 14.4 Å². The first kappa shape index (κ1) is 20.2. The Bertz CT molecular complexity index is 1020. The van der Waals surface area contributed by atoms with Gasteiger partial charge in [0, 0.05) is 13.1 Å². The molecule has 0 aliphatic rings. The van der Waals surface area contributed by atoms with Crippen molar-refractivity contribution >= 4 is 39.1 Å². The Morgan fingerprint density at radius 2 is 1.86 bits per heavy atom. The number of amides is 1. The average Bonchev–Trinajstić information content (AvgIpc) is 3.12. The van der Waals surface area contributed by atoms with Crippen molar-refractivity contribution in [2.75, 3.05) is 20.3 Å². The number of rotatable bonds is 8. The number of esters is 1. The molecule has 1 amide bonds. The number of carbonyl (C=O) groups excluding carboxylic acids is 2. The highest BCUT2D eigenvalue weighted by Gasteiger charge is 2.17. The summed E-state index contributed by atoms with van der Waals surface area (Å²) >= 11 is 1.49. The van der Waals surface area contributed by atoms with Gasteiger partial charge in [-0.25, -0.2) is 9.78 Å². The predicted molar refractivity (Wildman–Crippen MR) is 106 cm³/mol. The highest BCUT2D eigenvalue weighted by atomic mass is 32.1. The molecule has 0 radical (unpaired) electrons. The van der Waals surface area contributed by atoms with Crippen molar-refractivity contribution in [3.63, 3.8) is 0 Å². The van der Waals surface area contributed by atoms with E-state index in [-0.39, 0.29) is 11.4 Å². The lowest BCUT2D eigenvalue weighted by Crippen LogP contribution is -2.31. The molecule has 150 valence electrons. The maximum absolute atomic E-state index is 12.2. The van der Waals surface area contributed by atoms with Crippen LogP contribution in [-0.2, 0) is 20.9 Å². The van der Waals surface area contributed by atoms with Gasteiger partial charge >= 0.3 is 11.7 Å². The molecule has 3 rings (SSSR count). The van der Waals surface area contributed by atoms with Crippen molar-refractivity contribution in [1.82, 2.24) is 9.88 Å². The number of hydrogen-bond donors (Lipinski definition) is 0. The van der Waals surface area contributed by atoms with Gasteiger partial charge in [-0.15, -0.1) is 11.3 Å². The largest absolute Gasteiger partial charge is 0.475 e. The molecule has 10 heteroatoms. The van der Waals surface area contributed by atoms with Crippen molar-refractivity contribution in [3.05, 3.63) is 63.7 Å². The Labute approximate surface area is 169 Å². The Balaban J connectivity index is 1.47. The molecule has 3 aromatic rings. The van der Waals surface area contributed by atoms with E-state index >= 15 is 0 Å². The first-order valence-corrected chi connectivity index (χ1v) is 9.36. The average molecular weight is 415 g/mol. The van der Waals surface area contributed by atoms with Crippen LogP contribution >= 0.6 is 11.3 Å². The number of benzene rings is 2. The summed E-state index contributed by atoms with van der Waals surface area (Å²) in [7, 11) is 1.59. The molecule has 0 saturated heterocycles. The number of likely N-dealkylation sites (N-methyl/N-ethyl adjacent to an activating group) is 1. The van der Waals surface area contributed by atoms with Gasteiger partial charge in [0.1, 0.15) is 5.01 Å². The fourth-order valence-corrected chi connectivity index (χ4v) is 3.46. The van der Waals surface area contributed by atoms with E-state index in [9.17, 15) is 19.7 Å². The van der Waals surface area contributed by atoms with Crippen LogP contribution < -0.4 is 4.74 Å². The Morgan fingerprint density at radius 3 is 2.62 bits per heavy atom. The maximum Gasteiger partial charge on any atom is 0.344 e. The van der Waals surface area contributed by atoms with Crippen LogP contribution in [0.2, 0.25) is 0 Å². The zero-order chi connectivity index (χ0) is 20.8. The summed E-state index contributed by atoms with van der Waals surface area (Å²) in [6.45, 7) is -0.706. The monoisotopic (exact) mass is 415 g/mol. The first-order chi connectivity index (χ1) is 13.9. The number of thiazole rings is 1. The van der Waals surface area contributed by atoms with Crippen molar-refractivity contribution < 1.29 is 24.0 Å². The summed E-state index contributed by atoms with van der Waals surface area (Å²) in [6.07, 6.45) is 0. The smallest absolute Gasteiger partial charge is 0.344 e. The third-order valence-electron chi connectivity index (χ3n) is 3.90. The number of ether oxygens (including phenoxy) is 2. The van der Waals surface area contributed by atoms with Gasteiger partial charge in [-0.05, 0) is 18.2 Å². The molecule has 0 saturated carbocycles. The minimum Gasteiger partial charge on any atom is -0.475 e. The molecule has 0 N–H and O–H groups in total. The second kappa shape index (κ2) is 9.11. The Morgan fingerprint density at radius 1 is 1.14 bits per heavy atom. The molecule has 1 heterocycles. The van der Waals surface area contributed by atoms with Crippen LogP contribution in [0, 0.1) is 10.1 Å². The van der Waals surface area contributed by atoms with Crippen LogP contribution in [0.25, 0.3) is 10.2 Å². The summed E-state index contributed by atoms with van der Waals surface area (Å²) < 4.78 is 11.1. The van der Waals surface area contributed by atoms with Gasteiger partial charge in [-0.1, -0.05) is 24.3 Å². The fourth-order valence-electron chi connectivity index (χ4n) is 2.44. The number of aromatic nitrogens is 1. The van der Waals surface area contributed by atoms with Crippen molar-refractivity contribution in [3.8, 4) is 5.75 Å². The zero-order valence-corrected chi connectivity index (χ0v) is 16.3. The molecule has 0 fully saturated rings. The topological polar surface area (TPSA) is 112 Å². The summed E-state index contributed by atoms with van der Waals surface area (Å²) in [6, 6.07) is 13.4. The highest BCUT2D eigenvalue weighted by molar-refractivity contribution is 7.18. The number of nitro groups is 1. The van der Waals surface area contributed by atoms with E-state index in [1.807, 2.05) is 24.3 Å². The molecule has 1 aromatic heterocycles. The lowest BCUT2D eigenvalue weighted by atomic mass is 10.3.